The number of fused-ring (bicyclic) bond motifs is 1. The molecule has 2 unspecified atom stereocenters. The van der Waals surface area contributed by atoms with E-state index in [4.69, 9.17) is 4.74 Å². The van der Waals surface area contributed by atoms with E-state index < -0.39 is 0 Å². The Hall–Kier alpha value is -0.540. The number of aliphatic hydroxyl groups is 1. The number of hydrogen-bond donors (Lipinski definition) is 2. The molecule has 1 saturated heterocycles. The second-order valence-corrected chi connectivity index (χ2v) is 2.78. The second-order valence-electron chi connectivity index (χ2n) is 2.78. The van der Waals surface area contributed by atoms with E-state index in [0.717, 1.165) is 18.6 Å². The summed E-state index contributed by atoms with van der Waals surface area (Å²) in [5.74, 6) is 1.02. The maximum absolute atomic E-state index is 9.22. The third-order valence-electron chi connectivity index (χ3n) is 2.01. The smallest absolute Gasteiger partial charge is 0.139 e. The van der Waals surface area contributed by atoms with Crippen LogP contribution in [0.1, 0.15) is 12.8 Å². The number of nitrogens with one attached hydrogen (secondary N) is 1. The fraction of sp³-hybridized carbons (Fsp3) is 0.714. The maximum atomic E-state index is 9.22. The van der Waals surface area contributed by atoms with E-state index in [1.807, 2.05) is 6.08 Å². The van der Waals surface area contributed by atoms with E-state index in [1.54, 1.807) is 0 Å². The molecule has 2 aliphatic rings. The van der Waals surface area contributed by atoms with Crippen LogP contribution in [0.25, 0.3) is 0 Å². The van der Waals surface area contributed by atoms with E-state index in [0.29, 0.717) is 6.73 Å². The lowest BCUT2D eigenvalue weighted by Crippen LogP contribution is -2.30. The topological polar surface area (TPSA) is 41.5 Å². The van der Waals surface area contributed by atoms with Gasteiger partial charge in [0.25, 0.3) is 0 Å². The Balaban J connectivity index is 2.12. The highest BCUT2D eigenvalue weighted by Crippen LogP contribution is 2.22. The van der Waals surface area contributed by atoms with Crippen LogP contribution in [0.5, 0.6) is 0 Å². The minimum absolute atomic E-state index is 0.178. The highest BCUT2D eigenvalue weighted by molar-refractivity contribution is 5.11. The summed E-state index contributed by atoms with van der Waals surface area (Å²) in [5, 5.41) is 12.4. The molecule has 1 aliphatic carbocycles. The molecule has 56 valence electrons. The summed E-state index contributed by atoms with van der Waals surface area (Å²) < 4.78 is 5.24. The van der Waals surface area contributed by atoms with Gasteiger partial charge in [-0.3, -0.25) is 5.32 Å². The quantitative estimate of drug-likeness (QED) is 0.498. The normalized spacial score (nSPS) is 38.3. The fourth-order valence-electron chi connectivity index (χ4n) is 1.45. The maximum Gasteiger partial charge on any atom is 0.139 e. The molecule has 0 radical (unpaired) electrons. The minimum Gasteiger partial charge on any atom is -0.481 e. The Bertz CT molecular complexity index is 167. The Morgan fingerprint density at radius 3 is 3.50 bits per heavy atom. The SMILES string of the molecule is OC1CC=C2OCNC2C1. The van der Waals surface area contributed by atoms with Crippen LogP contribution in [-0.2, 0) is 4.74 Å². The summed E-state index contributed by atoms with van der Waals surface area (Å²) in [6.45, 7) is 0.600. The highest BCUT2D eigenvalue weighted by atomic mass is 16.5. The molecule has 0 amide bonds. The van der Waals surface area contributed by atoms with Crippen LogP contribution >= 0.6 is 0 Å². The molecule has 3 heteroatoms. The molecule has 1 fully saturated rings. The molecular formula is C7H11NO2. The second kappa shape index (κ2) is 2.25. The molecule has 2 atom stereocenters. The average Bonchev–Trinajstić information content (AvgIpc) is 2.33. The zero-order valence-electron chi connectivity index (χ0n) is 5.71. The summed E-state index contributed by atoms with van der Waals surface area (Å²) in [6, 6.07) is 0.281. The Labute approximate surface area is 59.7 Å². The van der Waals surface area contributed by atoms with Gasteiger partial charge < -0.3 is 9.84 Å². The van der Waals surface area contributed by atoms with Crippen molar-refractivity contribution >= 4 is 0 Å². The van der Waals surface area contributed by atoms with Crippen LogP contribution in [0.4, 0.5) is 0 Å². The van der Waals surface area contributed by atoms with Crippen molar-refractivity contribution < 1.29 is 9.84 Å². The summed E-state index contributed by atoms with van der Waals surface area (Å²) in [5.41, 5.74) is 0. The zero-order chi connectivity index (χ0) is 6.97. The first-order valence-corrected chi connectivity index (χ1v) is 3.60. The highest BCUT2D eigenvalue weighted by Gasteiger charge is 2.27. The molecular weight excluding hydrogens is 130 g/mol. The van der Waals surface area contributed by atoms with Gasteiger partial charge in [0.15, 0.2) is 0 Å². The monoisotopic (exact) mass is 141 g/mol. The molecule has 0 aromatic rings. The van der Waals surface area contributed by atoms with Crippen LogP contribution in [-0.4, -0.2) is 24.0 Å². The van der Waals surface area contributed by atoms with Crippen LogP contribution in [0.2, 0.25) is 0 Å². The van der Waals surface area contributed by atoms with E-state index in [2.05, 4.69) is 5.32 Å². The lowest BCUT2D eigenvalue weighted by Gasteiger charge is -2.19. The van der Waals surface area contributed by atoms with Crippen molar-refractivity contribution in [2.45, 2.75) is 25.0 Å². The largest absolute Gasteiger partial charge is 0.481 e. The van der Waals surface area contributed by atoms with Crippen molar-refractivity contribution in [1.82, 2.24) is 5.32 Å². The van der Waals surface area contributed by atoms with E-state index in [-0.39, 0.29) is 12.1 Å². The Morgan fingerprint density at radius 1 is 1.70 bits per heavy atom. The molecule has 0 bridgehead atoms. The summed E-state index contributed by atoms with van der Waals surface area (Å²) in [4.78, 5) is 0. The van der Waals surface area contributed by atoms with Crippen LogP contribution in [0.15, 0.2) is 11.8 Å². The molecule has 1 aliphatic heterocycles. The predicted molar refractivity (Wildman–Crippen MR) is 36.2 cm³/mol. The van der Waals surface area contributed by atoms with Crippen LogP contribution in [0.3, 0.4) is 0 Å². The van der Waals surface area contributed by atoms with Gasteiger partial charge in [-0.2, -0.15) is 0 Å². The molecule has 0 spiro atoms. The van der Waals surface area contributed by atoms with Crippen molar-refractivity contribution in [1.29, 1.82) is 0 Å². The van der Waals surface area contributed by atoms with Gasteiger partial charge in [0.1, 0.15) is 12.5 Å². The Kier molecular flexibility index (Phi) is 1.39. The van der Waals surface area contributed by atoms with Crippen LogP contribution in [0, 0.1) is 0 Å². The average molecular weight is 141 g/mol. The van der Waals surface area contributed by atoms with Gasteiger partial charge in [-0.1, -0.05) is 0 Å². The van der Waals surface area contributed by atoms with Gasteiger partial charge in [0, 0.05) is 0 Å². The minimum atomic E-state index is -0.178. The number of rotatable bonds is 0. The van der Waals surface area contributed by atoms with Gasteiger partial charge in [-0.05, 0) is 18.9 Å². The standard InChI is InChI=1S/C7H11NO2/c9-5-1-2-7-6(3-5)8-4-10-7/h2,5-6,8-9H,1,3-4H2. The first-order chi connectivity index (χ1) is 4.86. The third-order valence-corrected chi connectivity index (χ3v) is 2.01. The van der Waals surface area contributed by atoms with Crippen molar-refractivity contribution in [3.8, 4) is 0 Å². The molecule has 0 aromatic heterocycles. The molecule has 3 nitrogen and oxygen atoms in total. The molecule has 2 N–H and O–H groups in total. The van der Waals surface area contributed by atoms with Crippen LogP contribution < -0.4 is 5.32 Å². The zero-order valence-corrected chi connectivity index (χ0v) is 5.71. The first-order valence-electron chi connectivity index (χ1n) is 3.60. The lowest BCUT2D eigenvalue weighted by molar-refractivity contribution is 0.148. The van der Waals surface area contributed by atoms with E-state index >= 15 is 0 Å². The first kappa shape index (κ1) is 6.19. The number of ether oxygens (including phenoxy) is 1. The van der Waals surface area contributed by atoms with Gasteiger partial charge in [0.05, 0.1) is 12.1 Å². The summed E-state index contributed by atoms with van der Waals surface area (Å²) in [7, 11) is 0. The van der Waals surface area contributed by atoms with Crippen molar-refractivity contribution in [3.63, 3.8) is 0 Å². The predicted octanol–water partition coefficient (Wildman–Crippen LogP) is -0.0291. The Morgan fingerprint density at radius 2 is 2.60 bits per heavy atom. The van der Waals surface area contributed by atoms with E-state index in [1.165, 1.54) is 0 Å². The molecule has 1 heterocycles. The summed E-state index contributed by atoms with van der Waals surface area (Å²) >= 11 is 0. The summed E-state index contributed by atoms with van der Waals surface area (Å²) in [6.07, 6.45) is 3.33. The molecule has 0 aromatic carbocycles. The molecule has 10 heavy (non-hydrogen) atoms. The van der Waals surface area contributed by atoms with Gasteiger partial charge in [-0.15, -0.1) is 0 Å². The fourth-order valence-corrected chi connectivity index (χ4v) is 1.45. The third kappa shape index (κ3) is 0.914. The van der Waals surface area contributed by atoms with Gasteiger partial charge in [0.2, 0.25) is 0 Å². The van der Waals surface area contributed by atoms with Crippen molar-refractivity contribution in [2.75, 3.05) is 6.73 Å². The molecule has 2 rings (SSSR count). The lowest BCUT2D eigenvalue weighted by atomic mass is 9.99. The number of hydrogen-bond acceptors (Lipinski definition) is 3. The molecule has 0 saturated carbocycles. The van der Waals surface area contributed by atoms with Gasteiger partial charge >= 0.3 is 0 Å². The van der Waals surface area contributed by atoms with E-state index in [9.17, 15) is 5.11 Å². The van der Waals surface area contributed by atoms with Crippen molar-refractivity contribution in [2.24, 2.45) is 0 Å². The van der Waals surface area contributed by atoms with Crippen molar-refractivity contribution in [3.05, 3.63) is 11.8 Å². The van der Waals surface area contributed by atoms with Gasteiger partial charge in [-0.25, -0.2) is 0 Å². The number of aliphatic hydroxyl groups excluding tert-OH is 1.